The molecule has 0 bridgehead atoms. The summed E-state index contributed by atoms with van der Waals surface area (Å²) in [7, 11) is -3.50. The van der Waals surface area contributed by atoms with E-state index in [0.717, 1.165) is 6.42 Å². The van der Waals surface area contributed by atoms with Crippen LogP contribution >= 0.6 is 0 Å². The van der Waals surface area contributed by atoms with Gasteiger partial charge in [-0.15, -0.1) is 0 Å². The predicted molar refractivity (Wildman–Crippen MR) is 80.3 cm³/mol. The Morgan fingerprint density at radius 2 is 1.84 bits per heavy atom. The monoisotopic (exact) mass is 285 g/mol. The molecule has 0 aliphatic rings. The normalized spacial score (nSPS) is 11.8. The molecular weight excluding hydrogens is 262 g/mol. The van der Waals surface area contributed by atoms with Crippen molar-refractivity contribution in [1.82, 2.24) is 4.72 Å². The van der Waals surface area contributed by atoms with E-state index in [-0.39, 0.29) is 5.92 Å². The molecule has 6 heteroatoms. The Kier molecular flexibility index (Phi) is 5.62. The van der Waals surface area contributed by atoms with Crippen LogP contribution in [0, 0.1) is 5.92 Å². The van der Waals surface area contributed by atoms with Crippen molar-refractivity contribution in [2.45, 2.75) is 27.2 Å². The summed E-state index contributed by atoms with van der Waals surface area (Å²) in [5.41, 5.74) is 6.87. The summed E-state index contributed by atoms with van der Waals surface area (Å²) in [4.78, 5) is 0. The minimum absolute atomic E-state index is 0.268. The Labute approximate surface area is 116 Å². The minimum atomic E-state index is -3.50. The Morgan fingerprint density at radius 1 is 1.26 bits per heavy atom. The average molecular weight is 285 g/mol. The van der Waals surface area contributed by atoms with Crippen LogP contribution in [0.15, 0.2) is 24.3 Å². The molecule has 0 heterocycles. The second-order valence-electron chi connectivity index (χ2n) is 4.91. The van der Waals surface area contributed by atoms with Gasteiger partial charge < -0.3 is 5.73 Å². The number of nitrogens with one attached hydrogen (secondary N) is 1. The first kappa shape index (κ1) is 15.8. The van der Waals surface area contributed by atoms with E-state index in [4.69, 9.17) is 5.73 Å². The lowest BCUT2D eigenvalue weighted by atomic mass is 10.2. The smallest absolute Gasteiger partial charge is 0.301 e. The molecule has 19 heavy (non-hydrogen) atoms. The zero-order chi connectivity index (χ0) is 14.5. The van der Waals surface area contributed by atoms with Gasteiger partial charge in [0, 0.05) is 18.8 Å². The highest BCUT2D eigenvalue weighted by Gasteiger charge is 2.21. The molecule has 1 aromatic carbocycles. The van der Waals surface area contributed by atoms with E-state index in [1.165, 1.54) is 4.31 Å². The third-order valence-electron chi connectivity index (χ3n) is 2.57. The summed E-state index contributed by atoms with van der Waals surface area (Å²) in [6.07, 6.45) is 0.743. The molecule has 0 radical (unpaired) electrons. The molecule has 0 unspecified atom stereocenters. The standard InChI is InChI=1S/C13H23N3O2S/c1-4-9-16(13-7-5-12(14)6-8-13)19(17,18)15-10-11(2)3/h5-8,11,15H,4,9-10,14H2,1-3H3. The van der Waals surface area contributed by atoms with Crippen molar-refractivity contribution in [2.24, 2.45) is 5.92 Å². The van der Waals surface area contributed by atoms with Crippen LogP contribution in [0.4, 0.5) is 11.4 Å². The highest BCUT2D eigenvalue weighted by molar-refractivity contribution is 7.90. The van der Waals surface area contributed by atoms with Gasteiger partial charge in [0.05, 0.1) is 5.69 Å². The van der Waals surface area contributed by atoms with Crippen molar-refractivity contribution >= 4 is 21.6 Å². The van der Waals surface area contributed by atoms with Crippen molar-refractivity contribution in [1.29, 1.82) is 0 Å². The summed E-state index contributed by atoms with van der Waals surface area (Å²) < 4.78 is 28.6. The van der Waals surface area contributed by atoms with Crippen LogP contribution in [0.3, 0.4) is 0 Å². The molecule has 0 saturated carbocycles. The van der Waals surface area contributed by atoms with Gasteiger partial charge in [0.15, 0.2) is 0 Å². The van der Waals surface area contributed by atoms with Crippen LogP contribution in [-0.2, 0) is 10.2 Å². The molecule has 0 aromatic heterocycles. The number of benzene rings is 1. The van der Waals surface area contributed by atoms with Crippen LogP contribution in [0.25, 0.3) is 0 Å². The van der Waals surface area contributed by atoms with Crippen LogP contribution in [0.2, 0.25) is 0 Å². The van der Waals surface area contributed by atoms with Crippen LogP contribution in [-0.4, -0.2) is 21.5 Å². The maximum absolute atomic E-state index is 12.3. The fourth-order valence-electron chi connectivity index (χ4n) is 1.58. The zero-order valence-electron chi connectivity index (χ0n) is 11.8. The van der Waals surface area contributed by atoms with Gasteiger partial charge >= 0.3 is 10.2 Å². The highest BCUT2D eigenvalue weighted by Crippen LogP contribution is 2.19. The van der Waals surface area contributed by atoms with E-state index < -0.39 is 10.2 Å². The third kappa shape index (κ3) is 4.72. The van der Waals surface area contributed by atoms with Crippen LogP contribution in [0.1, 0.15) is 27.2 Å². The molecule has 0 saturated heterocycles. The van der Waals surface area contributed by atoms with Crippen LogP contribution in [0.5, 0.6) is 0 Å². The molecule has 0 fully saturated rings. The van der Waals surface area contributed by atoms with Crippen molar-refractivity contribution in [2.75, 3.05) is 23.1 Å². The SMILES string of the molecule is CCCN(c1ccc(N)cc1)S(=O)(=O)NCC(C)C. The Morgan fingerprint density at radius 3 is 2.32 bits per heavy atom. The lowest BCUT2D eigenvalue weighted by molar-refractivity contribution is 0.555. The summed E-state index contributed by atoms with van der Waals surface area (Å²) in [5, 5.41) is 0. The molecule has 108 valence electrons. The fourth-order valence-corrected chi connectivity index (χ4v) is 3.10. The van der Waals surface area contributed by atoms with Crippen molar-refractivity contribution in [3.8, 4) is 0 Å². The van der Waals surface area contributed by atoms with Crippen LogP contribution < -0.4 is 14.8 Å². The third-order valence-corrected chi connectivity index (χ3v) is 4.08. The summed E-state index contributed by atoms with van der Waals surface area (Å²) in [6, 6.07) is 6.85. The zero-order valence-corrected chi connectivity index (χ0v) is 12.6. The number of hydrogen-bond acceptors (Lipinski definition) is 3. The summed E-state index contributed by atoms with van der Waals surface area (Å²) in [5.74, 6) is 0.268. The van der Waals surface area contributed by atoms with Gasteiger partial charge in [-0.1, -0.05) is 20.8 Å². The first-order valence-corrected chi connectivity index (χ1v) is 7.93. The molecule has 0 spiro atoms. The maximum Gasteiger partial charge on any atom is 0.301 e. The molecule has 5 nitrogen and oxygen atoms in total. The van der Waals surface area contributed by atoms with Gasteiger partial charge in [-0.2, -0.15) is 13.1 Å². The molecule has 0 aliphatic carbocycles. The molecule has 0 aliphatic heterocycles. The van der Waals surface area contributed by atoms with Gasteiger partial charge in [-0.3, -0.25) is 4.31 Å². The van der Waals surface area contributed by atoms with Crippen molar-refractivity contribution in [3.05, 3.63) is 24.3 Å². The molecule has 3 N–H and O–H groups in total. The topological polar surface area (TPSA) is 75.4 Å². The largest absolute Gasteiger partial charge is 0.399 e. The van der Waals surface area contributed by atoms with E-state index in [9.17, 15) is 8.42 Å². The molecule has 0 amide bonds. The lowest BCUT2D eigenvalue weighted by Crippen LogP contribution is -2.42. The molecular formula is C13H23N3O2S. The van der Waals surface area contributed by atoms with Crippen molar-refractivity contribution in [3.63, 3.8) is 0 Å². The molecule has 1 rings (SSSR count). The Bertz CT molecular complexity index is 483. The second-order valence-corrected chi connectivity index (χ2v) is 6.59. The Balaban J connectivity index is 2.96. The van der Waals surface area contributed by atoms with Crippen molar-refractivity contribution < 1.29 is 8.42 Å². The Hall–Kier alpha value is -1.27. The number of hydrogen-bond donors (Lipinski definition) is 2. The van der Waals surface area contributed by atoms with Gasteiger partial charge in [-0.25, -0.2) is 0 Å². The summed E-state index contributed by atoms with van der Waals surface area (Å²) in [6.45, 7) is 6.75. The minimum Gasteiger partial charge on any atom is -0.399 e. The van der Waals surface area contributed by atoms with E-state index in [0.29, 0.717) is 24.5 Å². The first-order chi connectivity index (χ1) is 8.86. The average Bonchev–Trinajstić information content (AvgIpc) is 2.35. The van der Waals surface area contributed by atoms with Gasteiger partial charge in [-0.05, 0) is 36.6 Å². The number of nitrogens with two attached hydrogens (primary N) is 1. The number of nitrogen functional groups attached to an aromatic ring is 1. The molecule has 0 atom stereocenters. The quantitative estimate of drug-likeness (QED) is 0.752. The van der Waals surface area contributed by atoms with E-state index >= 15 is 0 Å². The number of nitrogens with zero attached hydrogens (tertiary/aromatic N) is 1. The number of anilines is 2. The summed E-state index contributed by atoms with van der Waals surface area (Å²) >= 11 is 0. The highest BCUT2D eigenvalue weighted by atomic mass is 32.2. The second kappa shape index (κ2) is 6.77. The molecule has 1 aromatic rings. The van der Waals surface area contributed by atoms with E-state index in [1.807, 2.05) is 20.8 Å². The fraction of sp³-hybridized carbons (Fsp3) is 0.538. The first-order valence-electron chi connectivity index (χ1n) is 6.49. The predicted octanol–water partition coefficient (Wildman–Crippen LogP) is 1.98. The van der Waals surface area contributed by atoms with Gasteiger partial charge in [0.25, 0.3) is 0 Å². The van der Waals surface area contributed by atoms with E-state index in [1.54, 1.807) is 24.3 Å². The van der Waals surface area contributed by atoms with Gasteiger partial charge in [0.1, 0.15) is 0 Å². The van der Waals surface area contributed by atoms with Gasteiger partial charge in [0.2, 0.25) is 0 Å². The lowest BCUT2D eigenvalue weighted by Gasteiger charge is -2.24. The van der Waals surface area contributed by atoms with E-state index in [2.05, 4.69) is 4.72 Å². The maximum atomic E-state index is 12.3. The number of rotatable bonds is 7.